The van der Waals surface area contributed by atoms with E-state index in [1.54, 1.807) is 20.0 Å². The largest absolute Gasteiger partial charge is 0.357 e. The number of rotatable bonds is 9. The van der Waals surface area contributed by atoms with E-state index in [4.69, 9.17) is 0 Å². The number of thioether (sulfide) groups is 1. The Morgan fingerprint density at radius 1 is 1.33 bits per heavy atom. The third kappa shape index (κ3) is 6.69. The summed E-state index contributed by atoms with van der Waals surface area (Å²) in [6, 6.07) is 7.51. The molecule has 1 aromatic heterocycles. The number of amides is 2. The van der Waals surface area contributed by atoms with Gasteiger partial charge in [0.15, 0.2) is 4.34 Å². The van der Waals surface area contributed by atoms with Gasteiger partial charge in [0.05, 0.1) is 11.8 Å². The molecule has 2 N–H and O–H groups in total. The molecule has 2 aromatic rings. The van der Waals surface area contributed by atoms with E-state index in [2.05, 4.69) is 27.4 Å². The minimum absolute atomic E-state index is 0.0140. The van der Waals surface area contributed by atoms with Crippen LogP contribution in [0.1, 0.15) is 12.5 Å². The van der Waals surface area contributed by atoms with Crippen molar-refractivity contribution in [2.24, 2.45) is 0 Å². The monoisotopic (exact) mass is 405 g/mol. The second-order valence-corrected chi connectivity index (χ2v) is 8.48. The lowest BCUT2D eigenvalue weighted by Crippen LogP contribution is -2.38. The number of carbonyl (C=O) groups is 2. The van der Waals surface area contributed by atoms with E-state index in [-0.39, 0.29) is 23.6 Å². The van der Waals surface area contributed by atoms with Gasteiger partial charge in [-0.3, -0.25) is 9.59 Å². The zero-order chi connectivity index (χ0) is 19.8. The standard InChI is InChI=1S/C18H23N5O2S2/c1-5-10-19-17-21-22-18(27-17)26-13(3)16(25)23(4)11-15(24)20-14-8-6-12(2)7-9-14/h5-9,13H,1,10-11H2,2-4H3,(H,19,21)(H,20,24)/t13-/m1/s1. The van der Waals surface area contributed by atoms with Gasteiger partial charge < -0.3 is 15.5 Å². The molecule has 1 aromatic carbocycles. The molecular weight excluding hydrogens is 382 g/mol. The number of aromatic nitrogens is 2. The highest BCUT2D eigenvalue weighted by Gasteiger charge is 2.22. The Kier molecular flexibility index (Phi) is 7.81. The molecule has 0 radical (unpaired) electrons. The van der Waals surface area contributed by atoms with Crippen molar-refractivity contribution in [3.05, 3.63) is 42.5 Å². The van der Waals surface area contributed by atoms with Crippen LogP contribution in [-0.4, -0.2) is 52.3 Å². The number of anilines is 2. The number of aryl methyl sites for hydroxylation is 1. The van der Waals surface area contributed by atoms with Gasteiger partial charge in [0.2, 0.25) is 16.9 Å². The van der Waals surface area contributed by atoms with Gasteiger partial charge in [-0.05, 0) is 26.0 Å². The fraction of sp³-hybridized carbons (Fsp3) is 0.333. The van der Waals surface area contributed by atoms with Crippen LogP contribution in [0.15, 0.2) is 41.3 Å². The van der Waals surface area contributed by atoms with Crippen LogP contribution < -0.4 is 10.6 Å². The number of benzene rings is 1. The molecule has 0 fully saturated rings. The molecule has 1 atom stereocenters. The average molecular weight is 406 g/mol. The van der Waals surface area contributed by atoms with Crippen LogP contribution in [-0.2, 0) is 9.59 Å². The number of hydrogen-bond acceptors (Lipinski definition) is 7. The molecule has 0 unspecified atom stereocenters. The first-order valence-electron chi connectivity index (χ1n) is 8.35. The lowest BCUT2D eigenvalue weighted by Gasteiger charge is -2.20. The maximum absolute atomic E-state index is 12.5. The van der Waals surface area contributed by atoms with Gasteiger partial charge in [-0.1, -0.05) is 46.9 Å². The normalized spacial score (nSPS) is 11.5. The summed E-state index contributed by atoms with van der Waals surface area (Å²) in [5.41, 5.74) is 1.83. The fourth-order valence-electron chi connectivity index (χ4n) is 2.13. The number of nitrogens with one attached hydrogen (secondary N) is 2. The van der Waals surface area contributed by atoms with Crippen molar-refractivity contribution in [2.75, 3.05) is 30.8 Å². The number of hydrogen-bond donors (Lipinski definition) is 2. The summed E-state index contributed by atoms with van der Waals surface area (Å²) in [4.78, 5) is 26.1. The van der Waals surface area contributed by atoms with Crippen molar-refractivity contribution in [2.45, 2.75) is 23.4 Å². The van der Waals surface area contributed by atoms with Crippen molar-refractivity contribution in [3.63, 3.8) is 0 Å². The van der Waals surface area contributed by atoms with Gasteiger partial charge in [0, 0.05) is 19.3 Å². The Hall–Kier alpha value is -2.39. The molecule has 1 heterocycles. The Bertz CT molecular complexity index is 791. The first-order valence-corrected chi connectivity index (χ1v) is 10.0. The van der Waals surface area contributed by atoms with Crippen LogP contribution in [0.2, 0.25) is 0 Å². The summed E-state index contributed by atoms with van der Waals surface area (Å²) < 4.78 is 0.694. The number of nitrogens with zero attached hydrogens (tertiary/aromatic N) is 3. The quantitative estimate of drug-likeness (QED) is 0.493. The predicted octanol–water partition coefficient (Wildman–Crippen LogP) is 3.02. The lowest BCUT2D eigenvalue weighted by molar-refractivity contribution is -0.132. The van der Waals surface area contributed by atoms with E-state index in [1.165, 1.54) is 28.0 Å². The van der Waals surface area contributed by atoms with E-state index >= 15 is 0 Å². The molecular formula is C18H23N5O2S2. The molecule has 2 rings (SSSR count). The van der Waals surface area contributed by atoms with Crippen LogP contribution in [0, 0.1) is 6.92 Å². The van der Waals surface area contributed by atoms with Gasteiger partial charge in [-0.2, -0.15) is 0 Å². The SMILES string of the molecule is C=CCNc1nnc(S[C@H](C)C(=O)N(C)CC(=O)Nc2ccc(C)cc2)s1. The minimum atomic E-state index is -0.373. The van der Waals surface area contributed by atoms with Gasteiger partial charge in [-0.25, -0.2) is 0 Å². The Morgan fingerprint density at radius 2 is 2.04 bits per heavy atom. The molecule has 0 spiro atoms. The summed E-state index contributed by atoms with van der Waals surface area (Å²) >= 11 is 2.70. The fourth-order valence-corrected chi connectivity index (χ4v) is 4.15. The third-order valence-corrected chi connectivity index (χ3v) is 5.57. The van der Waals surface area contributed by atoms with Crippen molar-refractivity contribution in [3.8, 4) is 0 Å². The molecule has 2 amide bonds. The first kappa shape index (κ1) is 20.9. The molecule has 0 aliphatic carbocycles. The Labute approximate surface area is 167 Å². The highest BCUT2D eigenvalue weighted by molar-refractivity contribution is 8.02. The van der Waals surface area contributed by atoms with Gasteiger partial charge in [0.1, 0.15) is 0 Å². The van der Waals surface area contributed by atoms with Crippen LogP contribution >= 0.6 is 23.1 Å². The molecule has 7 nitrogen and oxygen atoms in total. The molecule has 27 heavy (non-hydrogen) atoms. The summed E-state index contributed by atoms with van der Waals surface area (Å²) in [5.74, 6) is -0.381. The topological polar surface area (TPSA) is 87.2 Å². The Balaban J connectivity index is 1.83. The molecule has 0 aliphatic rings. The molecule has 0 aliphatic heterocycles. The zero-order valence-electron chi connectivity index (χ0n) is 15.6. The second-order valence-electron chi connectivity index (χ2n) is 5.91. The predicted molar refractivity (Wildman–Crippen MR) is 111 cm³/mol. The van der Waals surface area contributed by atoms with E-state index in [1.807, 2.05) is 31.2 Å². The summed E-state index contributed by atoms with van der Waals surface area (Å²) in [5, 5.41) is 14.2. The average Bonchev–Trinajstić information content (AvgIpc) is 3.08. The van der Waals surface area contributed by atoms with Crippen molar-refractivity contribution < 1.29 is 9.59 Å². The zero-order valence-corrected chi connectivity index (χ0v) is 17.2. The van der Waals surface area contributed by atoms with Crippen LogP contribution in [0.25, 0.3) is 0 Å². The van der Waals surface area contributed by atoms with Gasteiger partial charge >= 0.3 is 0 Å². The van der Waals surface area contributed by atoms with E-state index in [0.29, 0.717) is 21.7 Å². The second kappa shape index (κ2) is 10.1. The summed E-state index contributed by atoms with van der Waals surface area (Å²) in [6.07, 6.45) is 1.73. The number of carbonyl (C=O) groups excluding carboxylic acids is 2. The minimum Gasteiger partial charge on any atom is -0.357 e. The molecule has 0 saturated heterocycles. The summed E-state index contributed by atoms with van der Waals surface area (Å²) in [7, 11) is 1.62. The summed E-state index contributed by atoms with van der Waals surface area (Å²) in [6.45, 7) is 7.99. The Morgan fingerprint density at radius 3 is 2.70 bits per heavy atom. The maximum atomic E-state index is 12.5. The molecule has 9 heteroatoms. The highest BCUT2D eigenvalue weighted by atomic mass is 32.2. The van der Waals surface area contributed by atoms with E-state index in [0.717, 1.165) is 5.56 Å². The van der Waals surface area contributed by atoms with Gasteiger partial charge in [0.25, 0.3) is 0 Å². The number of likely N-dealkylation sites (N-methyl/N-ethyl adjacent to an activating group) is 1. The van der Waals surface area contributed by atoms with Crippen molar-refractivity contribution in [1.82, 2.24) is 15.1 Å². The van der Waals surface area contributed by atoms with Gasteiger partial charge in [-0.15, -0.1) is 16.8 Å². The lowest BCUT2D eigenvalue weighted by atomic mass is 10.2. The first-order chi connectivity index (χ1) is 12.9. The van der Waals surface area contributed by atoms with Crippen LogP contribution in [0.5, 0.6) is 0 Å². The molecule has 0 bridgehead atoms. The molecule has 144 valence electrons. The smallest absolute Gasteiger partial charge is 0.243 e. The van der Waals surface area contributed by atoms with Crippen LogP contribution in [0.3, 0.4) is 0 Å². The van der Waals surface area contributed by atoms with E-state index in [9.17, 15) is 9.59 Å². The van der Waals surface area contributed by atoms with Crippen molar-refractivity contribution in [1.29, 1.82) is 0 Å². The molecule has 0 saturated carbocycles. The van der Waals surface area contributed by atoms with E-state index < -0.39 is 0 Å². The maximum Gasteiger partial charge on any atom is 0.243 e. The highest BCUT2D eigenvalue weighted by Crippen LogP contribution is 2.29. The van der Waals surface area contributed by atoms with Crippen molar-refractivity contribution >= 4 is 45.7 Å². The third-order valence-electron chi connectivity index (χ3n) is 3.52. The van der Waals surface area contributed by atoms with Crippen LogP contribution in [0.4, 0.5) is 10.8 Å².